The molecule has 1 aliphatic rings. The predicted octanol–water partition coefficient (Wildman–Crippen LogP) is 3.42. The SMILES string of the molecule is CN(CC(=O)N1CCC[C@@H]1c1ccsc1)Cc1ccc(C#N)cc1. The lowest BCUT2D eigenvalue weighted by Crippen LogP contribution is -2.38. The molecule has 1 aliphatic heterocycles. The van der Waals surface area contributed by atoms with Gasteiger partial charge in [-0.25, -0.2) is 0 Å². The van der Waals surface area contributed by atoms with E-state index in [2.05, 4.69) is 22.9 Å². The van der Waals surface area contributed by atoms with Crippen LogP contribution in [0.2, 0.25) is 0 Å². The largest absolute Gasteiger partial charge is 0.335 e. The van der Waals surface area contributed by atoms with Crippen LogP contribution in [0.15, 0.2) is 41.1 Å². The average molecular weight is 339 g/mol. The number of hydrogen-bond donors (Lipinski definition) is 0. The molecular weight excluding hydrogens is 318 g/mol. The molecule has 4 nitrogen and oxygen atoms in total. The van der Waals surface area contributed by atoms with Gasteiger partial charge in [-0.05, 0) is 60.0 Å². The van der Waals surface area contributed by atoms with E-state index < -0.39 is 0 Å². The Morgan fingerprint density at radius 2 is 2.17 bits per heavy atom. The summed E-state index contributed by atoms with van der Waals surface area (Å²) in [6, 6.07) is 12.0. The van der Waals surface area contributed by atoms with Crippen molar-refractivity contribution in [2.75, 3.05) is 20.1 Å². The Bertz CT molecular complexity index is 718. The molecule has 1 aromatic carbocycles. The van der Waals surface area contributed by atoms with Gasteiger partial charge in [0.15, 0.2) is 0 Å². The first-order valence-corrected chi connectivity index (χ1v) is 9.11. The number of likely N-dealkylation sites (tertiary alicyclic amines) is 1. The molecule has 1 fully saturated rings. The van der Waals surface area contributed by atoms with Gasteiger partial charge in [-0.15, -0.1) is 0 Å². The molecular formula is C19H21N3OS. The smallest absolute Gasteiger partial charge is 0.237 e. The van der Waals surface area contributed by atoms with Crippen LogP contribution in [0.25, 0.3) is 0 Å². The number of carbonyl (C=O) groups is 1. The minimum absolute atomic E-state index is 0.194. The second-order valence-corrected chi connectivity index (χ2v) is 7.06. The monoisotopic (exact) mass is 339 g/mol. The molecule has 24 heavy (non-hydrogen) atoms. The summed E-state index contributed by atoms with van der Waals surface area (Å²) in [4.78, 5) is 16.8. The third-order valence-corrected chi connectivity index (χ3v) is 5.14. The summed E-state index contributed by atoms with van der Waals surface area (Å²) < 4.78 is 0. The Kier molecular flexibility index (Phi) is 5.29. The highest BCUT2D eigenvalue weighted by Gasteiger charge is 2.30. The number of nitriles is 1. The van der Waals surface area contributed by atoms with Crippen LogP contribution < -0.4 is 0 Å². The number of benzene rings is 1. The van der Waals surface area contributed by atoms with Gasteiger partial charge in [0.05, 0.1) is 24.2 Å². The number of nitrogens with zero attached hydrogens (tertiary/aromatic N) is 3. The standard InChI is InChI=1S/C19H21N3OS/c1-21(12-16-6-4-15(11-20)5-7-16)13-19(23)22-9-2-3-18(22)17-8-10-24-14-17/h4-8,10,14,18H,2-3,9,12-13H2,1H3/t18-/m1/s1. The van der Waals surface area contributed by atoms with Gasteiger partial charge in [-0.2, -0.15) is 16.6 Å². The zero-order valence-corrected chi connectivity index (χ0v) is 14.6. The Morgan fingerprint density at radius 3 is 2.83 bits per heavy atom. The summed E-state index contributed by atoms with van der Waals surface area (Å²) >= 11 is 1.69. The zero-order chi connectivity index (χ0) is 16.9. The minimum Gasteiger partial charge on any atom is -0.335 e. The van der Waals surface area contributed by atoms with Crippen LogP contribution in [-0.4, -0.2) is 35.8 Å². The van der Waals surface area contributed by atoms with Crippen molar-refractivity contribution in [3.05, 3.63) is 57.8 Å². The van der Waals surface area contributed by atoms with Crippen LogP contribution in [0.5, 0.6) is 0 Å². The van der Waals surface area contributed by atoms with Crippen molar-refractivity contribution >= 4 is 17.2 Å². The predicted molar refractivity (Wildman–Crippen MR) is 95.5 cm³/mol. The fourth-order valence-electron chi connectivity index (χ4n) is 3.25. The van der Waals surface area contributed by atoms with Crippen molar-refractivity contribution in [1.82, 2.24) is 9.80 Å². The highest BCUT2D eigenvalue weighted by Crippen LogP contribution is 2.33. The van der Waals surface area contributed by atoms with Crippen LogP contribution in [0.3, 0.4) is 0 Å². The molecule has 3 rings (SSSR count). The first kappa shape index (κ1) is 16.7. The van der Waals surface area contributed by atoms with Crippen LogP contribution in [-0.2, 0) is 11.3 Å². The van der Waals surface area contributed by atoms with E-state index in [9.17, 15) is 4.79 Å². The number of thiophene rings is 1. The molecule has 0 saturated carbocycles. The topological polar surface area (TPSA) is 47.3 Å². The first-order chi connectivity index (χ1) is 11.7. The van der Waals surface area contributed by atoms with Gasteiger partial charge in [0, 0.05) is 13.1 Å². The van der Waals surface area contributed by atoms with Crippen LogP contribution in [0, 0.1) is 11.3 Å². The Hall–Kier alpha value is -2.16. The van der Waals surface area contributed by atoms with Crippen molar-refractivity contribution in [1.29, 1.82) is 5.26 Å². The minimum atomic E-state index is 0.194. The summed E-state index contributed by atoms with van der Waals surface area (Å²) in [5.41, 5.74) is 3.04. The highest BCUT2D eigenvalue weighted by molar-refractivity contribution is 7.07. The highest BCUT2D eigenvalue weighted by atomic mass is 32.1. The number of amides is 1. The van der Waals surface area contributed by atoms with E-state index in [-0.39, 0.29) is 11.9 Å². The van der Waals surface area contributed by atoms with Crippen molar-refractivity contribution in [2.45, 2.75) is 25.4 Å². The lowest BCUT2D eigenvalue weighted by atomic mass is 10.1. The fourth-order valence-corrected chi connectivity index (χ4v) is 3.96. The molecule has 0 N–H and O–H groups in total. The van der Waals surface area contributed by atoms with Gasteiger partial charge in [0.1, 0.15) is 0 Å². The third-order valence-electron chi connectivity index (χ3n) is 4.44. The maximum Gasteiger partial charge on any atom is 0.237 e. The molecule has 0 spiro atoms. The Morgan fingerprint density at radius 1 is 1.38 bits per heavy atom. The number of hydrogen-bond acceptors (Lipinski definition) is 4. The van der Waals surface area contributed by atoms with Crippen molar-refractivity contribution in [3.63, 3.8) is 0 Å². The first-order valence-electron chi connectivity index (χ1n) is 8.16. The summed E-state index contributed by atoms with van der Waals surface area (Å²) in [5, 5.41) is 13.1. The molecule has 5 heteroatoms. The molecule has 2 heterocycles. The van der Waals surface area contributed by atoms with E-state index in [0.29, 0.717) is 18.7 Å². The molecule has 124 valence electrons. The molecule has 0 aliphatic carbocycles. The number of carbonyl (C=O) groups excluding carboxylic acids is 1. The molecule has 1 saturated heterocycles. The van der Waals surface area contributed by atoms with Crippen LogP contribution in [0.4, 0.5) is 0 Å². The van der Waals surface area contributed by atoms with Gasteiger partial charge < -0.3 is 4.90 Å². The quantitative estimate of drug-likeness (QED) is 0.838. The van der Waals surface area contributed by atoms with Gasteiger partial charge in [0.25, 0.3) is 0 Å². The van der Waals surface area contributed by atoms with Crippen LogP contribution >= 0.6 is 11.3 Å². The summed E-state index contributed by atoms with van der Waals surface area (Å²) in [7, 11) is 1.96. The molecule has 0 bridgehead atoms. The van der Waals surface area contributed by atoms with Crippen molar-refractivity contribution in [3.8, 4) is 6.07 Å². The maximum absolute atomic E-state index is 12.7. The lowest BCUT2D eigenvalue weighted by Gasteiger charge is -2.27. The second-order valence-electron chi connectivity index (χ2n) is 6.28. The number of likely N-dealkylation sites (N-methyl/N-ethyl adjacent to an activating group) is 1. The maximum atomic E-state index is 12.7. The van der Waals surface area contributed by atoms with Gasteiger partial charge in [-0.1, -0.05) is 12.1 Å². The lowest BCUT2D eigenvalue weighted by molar-refractivity contribution is -0.133. The van der Waals surface area contributed by atoms with Crippen LogP contribution in [0.1, 0.15) is 35.6 Å². The molecule has 0 radical (unpaired) electrons. The Labute approximate surface area is 146 Å². The van der Waals surface area contributed by atoms with Gasteiger partial charge in [-0.3, -0.25) is 9.69 Å². The molecule has 1 aromatic heterocycles. The number of rotatable bonds is 5. The van der Waals surface area contributed by atoms with Crippen molar-refractivity contribution < 1.29 is 4.79 Å². The Balaban J connectivity index is 1.58. The van der Waals surface area contributed by atoms with E-state index in [1.807, 2.05) is 41.1 Å². The second kappa shape index (κ2) is 7.61. The normalized spacial score (nSPS) is 17.2. The molecule has 1 atom stereocenters. The molecule has 2 aromatic rings. The third kappa shape index (κ3) is 3.84. The zero-order valence-electron chi connectivity index (χ0n) is 13.8. The summed E-state index contributed by atoms with van der Waals surface area (Å²) in [5.74, 6) is 0.194. The molecule has 0 unspecified atom stereocenters. The van der Waals surface area contributed by atoms with Crippen molar-refractivity contribution in [2.24, 2.45) is 0 Å². The van der Waals surface area contributed by atoms with E-state index in [1.54, 1.807) is 11.3 Å². The summed E-state index contributed by atoms with van der Waals surface area (Å²) in [6.45, 7) is 1.97. The van der Waals surface area contributed by atoms with Gasteiger partial charge >= 0.3 is 0 Å². The van der Waals surface area contributed by atoms with E-state index >= 15 is 0 Å². The molecule has 1 amide bonds. The average Bonchev–Trinajstić information content (AvgIpc) is 3.26. The van der Waals surface area contributed by atoms with E-state index in [4.69, 9.17) is 5.26 Å². The van der Waals surface area contributed by atoms with Gasteiger partial charge in [0.2, 0.25) is 5.91 Å². The fraction of sp³-hybridized carbons (Fsp3) is 0.368. The van der Waals surface area contributed by atoms with E-state index in [0.717, 1.165) is 24.9 Å². The summed E-state index contributed by atoms with van der Waals surface area (Å²) in [6.07, 6.45) is 2.13. The van der Waals surface area contributed by atoms with E-state index in [1.165, 1.54) is 5.56 Å².